The molecule has 0 aromatic heterocycles. The zero-order chi connectivity index (χ0) is 13.8. The Morgan fingerprint density at radius 2 is 2.10 bits per heavy atom. The molecule has 112 valence electrons. The van der Waals surface area contributed by atoms with Gasteiger partial charge in [0.1, 0.15) is 0 Å². The molecule has 1 fully saturated rings. The van der Waals surface area contributed by atoms with Crippen molar-refractivity contribution in [1.29, 1.82) is 0 Å². The zero-order valence-electron chi connectivity index (χ0n) is 12.3. The Bertz CT molecular complexity index is 450. The van der Waals surface area contributed by atoms with Crippen LogP contribution in [-0.4, -0.2) is 29.9 Å². The maximum Gasteiger partial charge on any atom is 0.222 e. The Labute approximate surface area is 127 Å². The third-order valence-corrected chi connectivity index (χ3v) is 4.12. The van der Waals surface area contributed by atoms with Crippen molar-refractivity contribution < 1.29 is 4.79 Å². The number of aryl methyl sites for hydroxylation is 1. The van der Waals surface area contributed by atoms with E-state index in [9.17, 15) is 4.79 Å². The molecule has 1 aliphatic rings. The molecule has 0 bridgehead atoms. The smallest absolute Gasteiger partial charge is 0.222 e. The van der Waals surface area contributed by atoms with Crippen LogP contribution < -0.4 is 5.73 Å². The van der Waals surface area contributed by atoms with Crippen LogP contribution in [0.2, 0.25) is 0 Å². The lowest BCUT2D eigenvalue weighted by atomic mass is 9.93. The molecule has 3 nitrogen and oxygen atoms in total. The van der Waals surface area contributed by atoms with E-state index in [-0.39, 0.29) is 18.3 Å². The van der Waals surface area contributed by atoms with Crippen LogP contribution in [-0.2, 0) is 4.79 Å². The standard InChI is InChI=1S/C16H24N2O.ClH/c1-12-6-3-4-7-15(12)14-10-13(2)18(11-14)16(19)8-5-9-17;/h3-4,6-7,13-14H,5,8-11,17H2,1-2H3;1H. The summed E-state index contributed by atoms with van der Waals surface area (Å²) in [4.78, 5) is 14.2. The van der Waals surface area contributed by atoms with E-state index in [2.05, 4.69) is 38.1 Å². The van der Waals surface area contributed by atoms with Gasteiger partial charge >= 0.3 is 0 Å². The van der Waals surface area contributed by atoms with Gasteiger partial charge in [0.2, 0.25) is 5.91 Å². The van der Waals surface area contributed by atoms with Crippen LogP contribution in [0.3, 0.4) is 0 Å². The van der Waals surface area contributed by atoms with Gasteiger partial charge in [-0.1, -0.05) is 24.3 Å². The summed E-state index contributed by atoms with van der Waals surface area (Å²) in [5, 5.41) is 0. The van der Waals surface area contributed by atoms with Crippen molar-refractivity contribution in [3.63, 3.8) is 0 Å². The number of carbonyl (C=O) groups is 1. The van der Waals surface area contributed by atoms with E-state index >= 15 is 0 Å². The number of hydrogen-bond donors (Lipinski definition) is 1. The monoisotopic (exact) mass is 296 g/mol. The molecule has 1 aromatic carbocycles. The number of hydrogen-bond acceptors (Lipinski definition) is 2. The minimum Gasteiger partial charge on any atom is -0.339 e. The highest BCUT2D eigenvalue weighted by Gasteiger charge is 2.33. The second kappa shape index (κ2) is 7.65. The quantitative estimate of drug-likeness (QED) is 0.928. The van der Waals surface area contributed by atoms with Crippen LogP contribution in [0.1, 0.15) is 43.2 Å². The van der Waals surface area contributed by atoms with Gasteiger partial charge in [0.05, 0.1) is 0 Å². The molecule has 0 radical (unpaired) electrons. The molecule has 20 heavy (non-hydrogen) atoms. The summed E-state index contributed by atoms with van der Waals surface area (Å²) >= 11 is 0. The number of halogens is 1. The minimum atomic E-state index is 0. The summed E-state index contributed by atoms with van der Waals surface area (Å²) in [6.07, 6.45) is 2.44. The number of rotatable bonds is 4. The Kier molecular flexibility index (Phi) is 6.50. The van der Waals surface area contributed by atoms with E-state index < -0.39 is 0 Å². The Morgan fingerprint density at radius 1 is 1.40 bits per heavy atom. The van der Waals surface area contributed by atoms with E-state index in [0.29, 0.717) is 24.9 Å². The van der Waals surface area contributed by atoms with Gasteiger partial charge in [-0.2, -0.15) is 0 Å². The maximum absolute atomic E-state index is 12.1. The molecule has 2 unspecified atom stereocenters. The van der Waals surface area contributed by atoms with Crippen molar-refractivity contribution in [1.82, 2.24) is 4.90 Å². The molecule has 2 rings (SSSR count). The fourth-order valence-electron chi connectivity index (χ4n) is 3.05. The second-order valence-electron chi connectivity index (χ2n) is 5.58. The highest BCUT2D eigenvalue weighted by Crippen LogP contribution is 2.33. The topological polar surface area (TPSA) is 46.3 Å². The summed E-state index contributed by atoms with van der Waals surface area (Å²) in [7, 11) is 0. The number of carbonyl (C=O) groups excluding carboxylic acids is 1. The van der Waals surface area contributed by atoms with Gasteiger partial charge in [-0.05, 0) is 44.4 Å². The molecule has 1 aliphatic heterocycles. The molecule has 1 amide bonds. The lowest BCUT2D eigenvalue weighted by Crippen LogP contribution is -2.34. The first-order valence-electron chi connectivity index (χ1n) is 7.18. The lowest BCUT2D eigenvalue weighted by molar-refractivity contribution is -0.131. The number of nitrogens with two attached hydrogens (primary N) is 1. The van der Waals surface area contributed by atoms with E-state index in [1.807, 2.05) is 4.90 Å². The van der Waals surface area contributed by atoms with Crippen LogP contribution >= 0.6 is 12.4 Å². The molecular formula is C16H25ClN2O. The number of nitrogens with zero attached hydrogens (tertiary/aromatic N) is 1. The third-order valence-electron chi connectivity index (χ3n) is 4.12. The van der Waals surface area contributed by atoms with Gasteiger partial charge in [0, 0.05) is 24.9 Å². The molecule has 2 atom stereocenters. The minimum absolute atomic E-state index is 0. The van der Waals surface area contributed by atoms with Gasteiger partial charge in [0.15, 0.2) is 0 Å². The second-order valence-corrected chi connectivity index (χ2v) is 5.58. The Balaban J connectivity index is 0.00000200. The van der Waals surface area contributed by atoms with Gasteiger partial charge in [-0.3, -0.25) is 4.79 Å². The normalized spacial score (nSPS) is 21.6. The molecule has 2 N–H and O–H groups in total. The first-order valence-corrected chi connectivity index (χ1v) is 7.18. The average molecular weight is 297 g/mol. The van der Waals surface area contributed by atoms with Crippen LogP contribution in [0.5, 0.6) is 0 Å². The van der Waals surface area contributed by atoms with Gasteiger partial charge in [0.25, 0.3) is 0 Å². The molecule has 1 saturated heterocycles. The fraction of sp³-hybridized carbons (Fsp3) is 0.562. The van der Waals surface area contributed by atoms with E-state index in [4.69, 9.17) is 5.73 Å². The number of likely N-dealkylation sites (tertiary alicyclic amines) is 1. The van der Waals surface area contributed by atoms with Gasteiger partial charge in [-0.15, -0.1) is 12.4 Å². The fourth-order valence-corrected chi connectivity index (χ4v) is 3.05. The Morgan fingerprint density at radius 3 is 2.75 bits per heavy atom. The van der Waals surface area contributed by atoms with Gasteiger partial charge in [-0.25, -0.2) is 0 Å². The summed E-state index contributed by atoms with van der Waals surface area (Å²) in [6.45, 7) is 5.75. The predicted octanol–water partition coefficient (Wildman–Crippen LogP) is 2.86. The Hall–Kier alpha value is -1.06. The number of amides is 1. The van der Waals surface area contributed by atoms with Crippen molar-refractivity contribution in [2.45, 2.75) is 45.1 Å². The van der Waals surface area contributed by atoms with Crippen molar-refractivity contribution in [2.75, 3.05) is 13.1 Å². The molecule has 0 spiro atoms. The van der Waals surface area contributed by atoms with Crippen LogP contribution in [0.15, 0.2) is 24.3 Å². The van der Waals surface area contributed by atoms with Crippen molar-refractivity contribution in [3.05, 3.63) is 35.4 Å². The molecule has 0 saturated carbocycles. The maximum atomic E-state index is 12.1. The summed E-state index contributed by atoms with van der Waals surface area (Å²) in [5.74, 6) is 0.743. The summed E-state index contributed by atoms with van der Waals surface area (Å²) in [6, 6.07) is 8.85. The van der Waals surface area contributed by atoms with Crippen molar-refractivity contribution >= 4 is 18.3 Å². The first-order chi connectivity index (χ1) is 9.13. The third kappa shape index (κ3) is 3.74. The van der Waals surface area contributed by atoms with E-state index in [1.165, 1.54) is 11.1 Å². The summed E-state index contributed by atoms with van der Waals surface area (Å²) in [5.41, 5.74) is 8.20. The molecular weight excluding hydrogens is 272 g/mol. The predicted molar refractivity (Wildman–Crippen MR) is 85.2 cm³/mol. The lowest BCUT2D eigenvalue weighted by Gasteiger charge is -2.21. The van der Waals surface area contributed by atoms with Crippen molar-refractivity contribution in [3.8, 4) is 0 Å². The highest BCUT2D eigenvalue weighted by atomic mass is 35.5. The first kappa shape index (κ1) is 17.0. The number of benzene rings is 1. The molecule has 4 heteroatoms. The molecule has 1 heterocycles. The van der Waals surface area contributed by atoms with Crippen molar-refractivity contribution in [2.24, 2.45) is 5.73 Å². The van der Waals surface area contributed by atoms with Crippen LogP contribution in [0.4, 0.5) is 0 Å². The van der Waals surface area contributed by atoms with Gasteiger partial charge < -0.3 is 10.6 Å². The summed E-state index contributed by atoms with van der Waals surface area (Å²) < 4.78 is 0. The van der Waals surface area contributed by atoms with E-state index in [0.717, 1.165) is 19.4 Å². The zero-order valence-corrected chi connectivity index (χ0v) is 13.2. The average Bonchev–Trinajstić information content (AvgIpc) is 2.78. The SMILES string of the molecule is Cc1ccccc1C1CC(C)N(C(=O)CCCN)C1.Cl. The largest absolute Gasteiger partial charge is 0.339 e. The molecule has 1 aromatic rings. The highest BCUT2D eigenvalue weighted by molar-refractivity contribution is 5.85. The van der Waals surface area contributed by atoms with Crippen LogP contribution in [0, 0.1) is 6.92 Å². The van der Waals surface area contributed by atoms with E-state index in [1.54, 1.807) is 0 Å². The molecule has 0 aliphatic carbocycles. The van der Waals surface area contributed by atoms with Crippen LogP contribution in [0.25, 0.3) is 0 Å².